The molecule has 1 atom stereocenters. The lowest BCUT2D eigenvalue weighted by atomic mass is 10.1. The molecule has 10 heavy (non-hydrogen) atoms. The van der Waals surface area contributed by atoms with Crippen molar-refractivity contribution in [3.63, 3.8) is 0 Å². The lowest BCUT2D eigenvalue weighted by molar-refractivity contribution is -0.138. The van der Waals surface area contributed by atoms with Gasteiger partial charge in [-0.05, 0) is 6.54 Å². The number of rotatable bonds is 4. The van der Waals surface area contributed by atoms with Gasteiger partial charge in [0.2, 0.25) is 0 Å². The first-order valence-electron chi connectivity index (χ1n) is 2.68. The highest BCUT2D eigenvalue weighted by Crippen LogP contribution is 2.00. The van der Waals surface area contributed by atoms with Crippen molar-refractivity contribution in [3.05, 3.63) is 0 Å². The average molecular weight is 172 g/mol. The van der Waals surface area contributed by atoms with Gasteiger partial charge in [0.15, 0.2) is 0 Å². The summed E-state index contributed by atoms with van der Waals surface area (Å²) in [7, 11) is 0. The maximum Gasteiger partial charge on any atom is 0.303 e. The molecular weight excluding hydrogens is 161 g/mol. The summed E-state index contributed by atoms with van der Waals surface area (Å²) >= 11 is 0. The summed E-state index contributed by atoms with van der Waals surface area (Å²) in [5, 5.41) is 8.12. The summed E-state index contributed by atoms with van der Waals surface area (Å²) in [4.78, 5) is 9.91. The molecule has 0 amide bonds. The predicted molar refractivity (Wildman–Crippen MR) is 38.0 cm³/mol. The molecule has 0 aromatic heterocycles. The van der Waals surface area contributed by atoms with Crippen LogP contribution in [0.3, 0.4) is 0 Å². The van der Waals surface area contributed by atoms with Crippen LogP contribution in [0.2, 0.25) is 0 Å². The Kier molecular flexibility index (Phi) is 8.35. The van der Waals surface area contributed by atoms with Gasteiger partial charge in [-0.15, -0.1) is 12.4 Å². The molecule has 0 radical (unpaired) electrons. The van der Waals surface area contributed by atoms with E-state index in [9.17, 15) is 9.18 Å². The Morgan fingerprint density at radius 1 is 1.70 bits per heavy atom. The molecule has 0 rings (SSSR count). The Morgan fingerprint density at radius 2 is 2.20 bits per heavy atom. The summed E-state index contributed by atoms with van der Waals surface area (Å²) in [6.45, 7) is -0.550. The highest BCUT2D eigenvalue weighted by Gasteiger charge is 2.09. The molecule has 0 aromatic rings. The molecule has 62 valence electrons. The third kappa shape index (κ3) is 5.78. The summed E-state index contributed by atoms with van der Waals surface area (Å²) < 4.78 is 11.7. The third-order valence-corrected chi connectivity index (χ3v) is 1.01. The van der Waals surface area contributed by atoms with E-state index in [-0.39, 0.29) is 25.4 Å². The molecule has 0 bridgehead atoms. The van der Waals surface area contributed by atoms with Crippen LogP contribution >= 0.6 is 12.4 Å². The SMILES string of the molecule is Cl.NCC(CF)CC(=O)O. The van der Waals surface area contributed by atoms with Gasteiger partial charge in [-0.1, -0.05) is 0 Å². The van der Waals surface area contributed by atoms with Crippen LogP contribution in [0.4, 0.5) is 4.39 Å². The largest absolute Gasteiger partial charge is 0.481 e. The van der Waals surface area contributed by atoms with Gasteiger partial charge in [-0.3, -0.25) is 9.18 Å². The molecule has 0 heterocycles. The van der Waals surface area contributed by atoms with E-state index in [4.69, 9.17) is 10.8 Å². The van der Waals surface area contributed by atoms with E-state index in [2.05, 4.69) is 0 Å². The van der Waals surface area contributed by atoms with Crippen molar-refractivity contribution in [3.8, 4) is 0 Å². The van der Waals surface area contributed by atoms with Gasteiger partial charge in [-0.2, -0.15) is 0 Å². The maximum absolute atomic E-state index is 11.7. The molecule has 0 saturated heterocycles. The number of alkyl halides is 1. The van der Waals surface area contributed by atoms with Gasteiger partial charge < -0.3 is 10.8 Å². The number of carboxylic acid groups (broad SMARTS) is 1. The monoisotopic (exact) mass is 171 g/mol. The number of hydrogen-bond donors (Lipinski definition) is 2. The summed E-state index contributed by atoms with van der Waals surface area (Å²) in [6.07, 6.45) is -0.174. The quantitative estimate of drug-likeness (QED) is 0.645. The van der Waals surface area contributed by atoms with Crippen LogP contribution in [-0.4, -0.2) is 24.3 Å². The normalized spacial score (nSPS) is 11.8. The molecule has 0 fully saturated rings. The van der Waals surface area contributed by atoms with Crippen molar-refractivity contribution in [2.45, 2.75) is 6.42 Å². The van der Waals surface area contributed by atoms with Gasteiger partial charge >= 0.3 is 5.97 Å². The lowest BCUT2D eigenvalue weighted by Gasteiger charge is -2.04. The smallest absolute Gasteiger partial charge is 0.303 e. The average Bonchev–Trinajstić information content (AvgIpc) is 1.82. The maximum atomic E-state index is 11.7. The molecule has 0 saturated carbocycles. The van der Waals surface area contributed by atoms with Crippen molar-refractivity contribution in [2.75, 3.05) is 13.2 Å². The first-order valence-corrected chi connectivity index (χ1v) is 2.68. The summed E-state index contributed by atoms with van der Waals surface area (Å²) in [6, 6.07) is 0. The van der Waals surface area contributed by atoms with Crippen molar-refractivity contribution in [2.24, 2.45) is 11.7 Å². The Hall–Kier alpha value is -0.350. The van der Waals surface area contributed by atoms with E-state index in [0.717, 1.165) is 0 Å². The number of carbonyl (C=O) groups is 1. The van der Waals surface area contributed by atoms with E-state index >= 15 is 0 Å². The number of halogens is 2. The second kappa shape index (κ2) is 6.77. The minimum atomic E-state index is -0.997. The van der Waals surface area contributed by atoms with Gasteiger partial charge in [-0.25, -0.2) is 0 Å². The van der Waals surface area contributed by atoms with Crippen LogP contribution < -0.4 is 5.73 Å². The molecule has 0 aliphatic heterocycles. The van der Waals surface area contributed by atoms with Crippen molar-refractivity contribution in [1.82, 2.24) is 0 Å². The zero-order valence-corrected chi connectivity index (χ0v) is 6.23. The molecule has 0 aliphatic rings. The van der Waals surface area contributed by atoms with Gasteiger partial charge in [0, 0.05) is 5.92 Å². The highest BCUT2D eigenvalue weighted by atomic mass is 35.5. The van der Waals surface area contributed by atoms with Crippen molar-refractivity contribution in [1.29, 1.82) is 0 Å². The molecule has 3 N–H and O–H groups in total. The second-order valence-corrected chi connectivity index (χ2v) is 1.85. The van der Waals surface area contributed by atoms with Crippen LogP contribution in [-0.2, 0) is 4.79 Å². The fourth-order valence-corrected chi connectivity index (χ4v) is 0.448. The molecule has 1 unspecified atom stereocenters. The Labute approximate surface area is 64.8 Å². The number of carboxylic acids is 1. The molecule has 0 aromatic carbocycles. The summed E-state index contributed by atoms with van der Waals surface area (Å²) in [5.74, 6) is -1.51. The molecular formula is C5H11ClFNO2. The van der Waals surface area contributed by atoms with Crippen LogP contribution in [0.25, 0.3) is 0 Å². The fraction of sp³-hybridized carbons (Fsp3) is 0.800. The van der Waals surface area contributed by atoms with E-state index in [1.807, 2.05) is 0 Å². The number of hydrogen-bond acceptors (Lipinski definition) is 2. The first kappa shape index (κ1) is 12.3. The predicted octanol–water partition coefficient (Wildman–Crippen LogP) is 0.427. The van der Waals surface area contributed by atoms with Gasteiger partial charge in [0.1, 0.15) is 0 Å². The van der Waals surface area contributed by atoms with Crippen LogP contribution in [0, 0.1) is 5.92 Å². The Bertz CT molecular complexity index is 97.6. The lowest BCUT2D eigenvalue weighted by Crippen LogP contribution is -2.19. The van der Waals surface area contributed by atoms with E-state index in [0.29, 0.717) is 0 Å². The van der Waals surface area contributed by atoms with E-state index in [1.165, 1.54) is 0 Å². The van der Waals surface area contributed by atoms with Gasteiger partial charge in [0.25, 0.3) is 0 Å². The standard InChI is InChI=1S/C5H10FNO2.ClH/c6-2-4(3-7)1-5(8)9;/h4H,1-3,7H2,(H,8,9);1H. The topological polar surface area (TPSA) is 63.3 Å². The van der Waals surface area contributed by atoms with Crippen molar-refractivity contribution >= 4 is 18.4 Å². The Morgan fingerprint density at radius 3 is 2.30 bits per heavy atom. The second-order valence-electron chi connectivity index (χ2n) is 1.85. The molecule has 0 spiro atoms. The van der Waals surface area contributed by atoms with Crippen molar-refractivity contribution < 1.29 is 14.3 Å². The fourth-order valence-electron chi connectivity index (χ4n) is 0.448. The highest BCUT2D eigenvalue weighted by molar-refractivity contribution is 5.85. The van der Waals surface area contributed by atoms with Crippen LogP contribution in [0.5, 0.6) is 0 Å². The Balaban J connectivity index is 0. The van der Waals surface area contributed by atoms with E-state index < -0.39 is 18.6 Å². The summed E-state index contributed by atoms with van der Waals surface area (Å²) in [5.41, 5.74) is 5.03. The van der Waals surface area contributed by atoms with E-state index in [1.54, 1.807) is 0 Å². The minimum Gasteiger partial charge on any atom is -0.481 e. The van der Waals surface area contributed by atoms with Crippen LogP contribution in [0.1, 0.15) is 6.42 Å². The molecule has 5 heteroatoms. The zero-order chi connectivity index (χ0) is 7.28. The van der Waals surface area contributed by atoms with Gasteiger partial charge in [0.05, 0.1) is 13.1 Å². The number of nitrogens with two attached hydrogens (primary N) is 1. The molecule has 3 nitrogen and oxygen atoms in total. The molecule has 0 aliphatic carbocycles. The van der Waals surface area contributed by atoms with Crippen LogP contribution in [0.15, 0.2) is 0 Å². The minimum absolute atomic E-state index is 0. The first-order chi connectivity index (χ1) is 4.20. The zero-order valence-electron chi connectivity index (χ0n) is 5.42. The third-order valence-electron chi connectivity index (χ3n) is 1.01. The number of aliphatic carboxylic acids is 1.